The van der Waals surface area contributed by atoms with Crippen molar-refractivity contribution in [1.82, 2.24) is 15.1 Å². The van der Waals surface area contributed by atoms with E-state index in [2.05, 4.69) is 17.3 Å². The van der Waals surface area contributed by atoms with Crippen molar-refractivity contribution < 1.29 is 4.79 Å². The number of piperidine rings is 1. The zero-order valence-corrected chi connectivity index (χ0v) is 10.2. The Bertz CT molecular complexity index is 232. The van der Waals surface area contributed by atoms with E-state index in [0.29, 0.717) is 18.5 Å². The van der Waals surface area contributed by atoms with E-state index in [4.69, 9.17) is 0 Å². The average molecular weight is 225 g/mol. The van der Waals surface area contributed by atoms with E-state index in [9.17, 15) is 4.79 Å². The Morgan fingerprint density at radius 1 is 1.31 bits per heavy atom. The number of likely N-dealkylation sites (N-methyl/N-ethyl adjacent to an activating group) is 1. The van der Waals surface area contributed by atoms with Crippen molar-refractivity contribution in [2.45, 2.75) is 31.7 Å². The second kappa shape index (κ2) is 5.64. The zero-order chi connectivity index (χ0) is 11.4. The number of likely N-dealkylation sites (tertiary alicyclic amines) is 1. The third-order valence-corrected chi connectivity index (χ3v) is 3.78. The van der Waals surface area contributed by atoms with Gasteiger partial charge < -0.3 is 10.2 Å². The van der Waals surface area contributed by atoms with Crippen molar-refractivity contribution in [3.63, 3.8) is 0 Å². The highest BCUT2D eigenvalue weighted by Gasteiger charge is 2.23. The van der Waals surface area contributed by atoms with Crippen LogP contribution in [0.2, 0.25) is 0 Å². The molecule has 2 aliphatic rings. The van der Waals surface area contributed by atoms with Gasteiger partial charge in [-0.3, -0.25) is 9.69 Å². The lowest BCUT2D eigenvalue weighted by atomic mass is 10.1. The summed E-state index contributed by atoms with van der Waals surface area (Å²) in [7, 11) is 2.09. The summed E-state index contributed by atoms with van der Waals surface area (Å²) in [6, 6.07) is 0.591. The summed E-state index contributed by atoms with van der Waals surface area (Å²) in [6.45, 7) is 4.72. The summed E-state index contributed by atoms with van der Waals surface area (Å²) >= 11 is 0. The molecule has 92 valence electrons. The molecule has 0 radical (unpaired) electrons. The Morgan fingerprint density at radius 2 is 1.94 bits per heavy atom. The third kappa shape index (κ3) is 2.95. The fourth-order valence-corrected chi connectivity index (χ4v) is 2.66. The zero-order valence-electron chi connectivity index (χ0n) is 10.2. The lowest BCUT2D eigenvalue weighted by Crippen LogP contribution is -2.45. The van der Waals surface area contributed by atoms with E-state index in [0.717, 1.165) is 26.2 Å². The molecule has 0 saturated carbocycles. The maximum atomic E-state index is 12.0. The predicted octanol–water partition coefficient (Wildman–Crippen LogP) is 0.293. The number of nitrogens with zero attached hydrogens (tertiary/aromatic N) is 2. The molecule has 2 heterocycles. The molecule has 2 rings (SSSR count). The Balaban J connectivity index is 1.76. The van der Waals surface area contributed by atoms with Crippen LogP contribution in [0.25, 0.3) is 0 Å². The van der Waals surface area contributed by atoms with Crippen LogP contribution in [0.5, 0.6) is 0 Å². The van der Waals surface area contributed by atoms with Crippen LogP contribution in [0.15, 0.2) is 0 Å². The first-order valence-electron chi connectivity index (χ1n) is 6.46. The first-order valence-corrected chi connectivity index (χ1v) is 6.46. The Hall–Kier alpha value is -0.610. The highest BCUT2D eigenvalue weighted by atomic mass is 16.2. The van der Waals surface area contributed by atoms with E-state index in [1.165, 1.54) is 25.7 Å². The van der Waals surface area contributed by atoms with Crippen LogP contribution in [-0.4, -0.2) is 61.5 Å². The molecule has 0 aromatic rings. The smallest absolute Gasteiger partial charge is 0.236 e. The fraction of sp³-hybridized carbons (Fsp3) is 0.917. The quantitative estimate of drug-likeness (QED) is 0.750. The topological polar surface area (TPSA) is 35.6 Å². The molecule has 0 aromatic carbocycles. The second-order valence-electron chi connectivity index (χ2n) is 4.98. The fourth-order valence-electron chi connectivity index (χ4n) is 2.66. The number of hydrogen-bond acceptors (Lipinski definition) is 3. The van der Waals surface area contributed by atoms with Crippen molar-refractivity contribution in [2.24, 2.45) is 0 Å². The first-order chi connectivity index (χ1) is 7.77. The minimum absolute atomic E-state index is 0.318. The molecular formula is C12H23N3O. The monoisotopic (exact) mass is 225 g/mol. The van der Waals surface area contributed by atoms with Crippen LogP contribution in [0.3, 0.4) is 0 Å². The molecule has 0 bridgehead atoms. The van der Waals surface area contributed by atoms with Crippen LogP contribution in [0.4, 0.5) is 0 Å². The predicted molar refractivity (Wildman–Crippen MR) is 64.3 cm³/mol. The standard InChI is InChI=1S/C12H23N3O/c1-14(11-4-6-13-7-5-11)10-12(16)15-8-2-3-9-15/h11,13H,2-10H2,1H3. The van der Waals surface area contributed by atoms with Gasteiger partial charge in [0, 0.05) is 19.1 Å². The Morgan fingerprint density at radius 3 is 2.56 bits per heavy atom. The molecule has 4 heteroatoms. The van der Waals surface area contributed by atoms with E-state index >= 15 is 0 Å². The number of carbonyl (C=O) groups is 1. The van der Waals surface area contributed by atoms with Crippen molar-refractivity contribution in [3.05, 3.63) is 0 Å². The van der Waals surface area contributed by atoms with Gasteiger partial charge in [0.05, 0.1) is 6.54 Å². The van der Waals surface area contributed by atoms with Gasteiger partial charge in [-0.2, -0.15) is 0 Å². The summed E-state index contributed by atoms with van der Waals surface area (Å²) in [4.78, 5) is 16.2. The number of amides is 1. The summed E-state index contributed by atoms with van der Waals surface area (Å²) in [5, 5.41) is 3.36. The van der Waals surface area contributed by atoms with Gasteiger partial charge in [0.2, 0.25) is 5.91 Å². The van der Waals surface area contributed by atoms with E-state index in [1.54, 1.807) is 0 Å². The van der Waals surface area contributed by atoms with Gasteiger partial charge >= 0.3 is 0 Å². The SMILES string of the molecule is CN(CC(=O)N1CCCC1)C1CCNCC1. The van der Waals surface area contributed by atoms with Gasteiger partial charge in [-0.05, 0) is 45.8 Å². The Labute approximate surface area is 98.0 Å². The highest BCUT2D eigenvalue weighted by Crippen LogP contribution is 2.12. The van der Waals surface area contributed by atoms with E-state index < -0.39 is 0 Å². The lowest BCUT2D eigenvalue weighted by Gasteiger charge is -2.32. The first kappa shape index (κ1) is 11.9. The van der Waals surface area contributed by atoms with Gasteiger partial charge in [-0.1, -0.05) is 0 Å². The van der Waals surface area contributed by atoms with Crippen molar-refractivity contribution in [1.29, 1.82) is 0 Å². The van der Waals surface area contributed by atoms with Crippen LogP contribution < -0.4 is 5.32 Å². The molecule has 0 unspecified atom stereocenters. The van der Waals surface area contributed by atoms with Crippen LogP contribution in [-0.2, 0) is 4.79 Å². The minimum atomic E-state index is 0.318. The molecule has 0 aliphatic carbocycles. The number of hydrogen-bond donors (Lipinski definition) is 1. The molecule has 0 aromatic heterocycles. The normalized spacial score (nSPS) is 23.0. The molecule has 16 heavy (non-hydrogen) atoms. The minimum Gasteiger partial charge on any atom is -0.342 e. The average Bonchev–Trinajstić information content (AvgIpc) is 2.83. The number of rotatable bonds is 3. The molecule has 1 amide bonds. The van der Waals surface area contributed by atoms with Gasteiger partial charge in [-0.15, -0.1) is 0 Å². The largest absolute Gasteiger partial charge is 0.342 e. The number of carbonyl (C=O) groups excluding carboxylic acids is 1. The molecule has 1 N–H and O–H groups in total. The van der Waals surface area contributed by atoms with Crippen molar-refractivity contribution in [2.75, 3.05) is 39.8 Å². The third-order valence-electron chi connectivity index (χ3n) is 3.78. The molecular weight excluding hydrogens is 202 g/mol. The lowest BCUT2D eigenvalue weighted by molar-refractivity contribution is -0.131. The van der Waals surface area contributed by atoms with E-state index in [1.807, 2.05) is 4.90 Å². The number of nitrogens with one attached hydrogen (secondary N) is 1. The van der Waals surface area contributed by atoms with Gasteiger partial charge in [0.15, 0.2) is 0 Å². The maximum absolute atomic E-state index is 12.0. The van der Waals surface area contributed by atoms with Crippen LogP contribution >= 0.6 is 0 Å². The van der Waals surface area contributed by atoms with Gasteiger partial charge in [-0.25, -0.2) is 0 Å². The summed E-state index contributed by atoms with van der Waals surface area (Å²) in [6.07, 6.45) is 4.71. The van der Waals surface area contributed by atoms with Crippen molar-refractivity contribution in [3.8, 4) is 0 Å². The molecule has 0 spiro atoms. The summed E-state index contributed by atoms with van der Waals surface area (Å²) in [5.74, 6) is 0.318. The van der Waals surface area contributed by atoms with Gasteiger partial charge in [0.1, 0.15) is 0 Å². The van der Waals surface area contributed by atoms with Gasteiger partial charge in [0.25, 0.3) is 0 Å². The molecule has 4 nitrogen and oxygen atoms in total. The Kier molecular flexibility index (Phi) is 4.18. The molecule has 2 fully saturated rings. The maximum Gasteiger partial charge on any atom is 0.236 e. The molecule has 2 saturated heterocycles. The van der Waals surface area contributed by atoms with Crippen LogP contribution in [0, 0.1) is 0 Å². The van der Waals surface area contributed by atoms with Crippen molar-refractivity contribution >= 4 is 5.91 Å². The molecule has 2 aliphatic heterocycles. The second-order valence-corrected chi connectivity index (χ2v) is 4.98. The van der Waals surface area contributed by atoms with Crippen LogP contribution in [0.1, 0.15) is 25.7 Å². The summed E-state index contributed by atoms with van der Waals surface area (Å²) < 4.78 is 0. The van der Waals surface area contributed by atoms with E-state index in [-0.39, 0.29) is 0 Å². The summed E-state index contributed by atoms with van der Waals surface area (Å²) in [5.41, 5.74) is 0. The molecule has 0 atom stereocenters. The highest BCUT2D eigenvalue weighted by molar-refractivity contribution is 5.78.